The number of carbonyl (C=O) groups excluding carboxylic acids is 1. The summed E-state index contributed by atoms with van der Waals surface area (Å²) in [5, 5.41) is 0. The van der Waals surface area contributed by atoms with Crippen LogP contribution in [0.5, 0.6) is 0 Å². The van der Waals surface area contributed by atoms with Crippen LogP contribution in [0.2, 0.25) is 0 Å². The van der Waals surface area contributed by atoms with Crippen molar-refractivity contribution in [3.63, 3.8) is 0 Å². The van der Waals surface area contributed by atoms with Crippen LogP contribution in [0.15, 0.2) is 0 Å². The molecule has 1 unspecified atom stereocenters. The van der Waals surface area contributed by atoms with Gasteiger partial charge < -0.3 is 10.6 Å². The Morgan fingerprint density at radius 3 is 2.17 bits per heavy atom. The molecule has 0 aromatic heterocycles. The van der Waals surface area contributed by atoms with E-state index in [-0.39, 0.29) is 30.0 Å². The van der Waals surface area contributed by atoms with Gasteiger partial charge in [-0.15, -0.1) is 0 Å². The zero-order valence-electron chi connectivity index (χ0n) is 11.9. The van der Waals surface area contributed by atoms with E-state index in [4.69, 9.17) is 5.73 Å². The predicted octanol–water partition coefficient (Wildman–Crippen LogP) is 0.395. The number of hydrogen-bond acceptors (Lipinski definition) is 4. The fourth-order valence-electron chi connectivity index (χ4n) is 1.93. The molecule has 0 aromatic carbocycles. The number of hydrogen-bond donors (Lipinski definition) is 1. The van der Waals surface area contributed by atoms with E-state index in [0.29, 0.717) is 0 Å². The minimum atomic E-state index is -3.00. The molecule has 1 heterocycles. The first-order chi connectivity index (χ1) is 7.88. The summed E-state index contributed by atoms with van der Waals surface area (Å²) in [7, 11) is -3.00. The zero-order chi connectivity index (χ0) is 14.4. The largest absolute Gasteiger partial charge is 0.337 e. The summed E-state index contributed by atoms with van der Waals surface area (Å²) in [5.74, 6) is 0.0154. The molecule has 2 N–H and O–H groups in total. The van der Waals surface area contributed by atoms with Crippen molar-refractivity contribution < 1.29 is 13.2 Å². The van der Waals surface area contributed by atoms with E-state index in [1.807, 2.05) is 27.7 Å². The molecule has 0 aliphatic carbocycles. The number of amides is 1. The van der Waals surface area contributed by atoms with Crippen LogP contribution in [0.3, 0.4) is 0 Å². The number of rotatable bonds is 2. The van der Waals surface area contributed by atoms with Gasteiger partial charge in [0.2, 0.25) is 5.91 Å². The first-order valence-corrected chi connectivity index (χ1v) is 8.01. The SMILES string of the molecule is CC1CS(=O)(=O)CCN1C(=O)C(C)(C)C(C)(C)N. The molecule has 0 aromatic rings. The molecule has 0 radical (unpaired) electrons. The van der Waals surface area contributed by atoms with Crippen LogP contribution in [-0.4, -0.2) is 48.9 Å². The predicted molar refractivity (Wildman–Crippen MR) is 71.9 cm³/mol. The first-order valence-electron chi connectivity index (χ1n) is 6.19. The lowest BCUT2D eigenvalue weighted by Gasteiger charge is -2.44. The van der Waals surface area contributed by atoms with Gasteiger partial charge in [0.15, 0.2) is 9.84 Å². The van der Waals surface area contributed by atoms with Gasteiger partial charge in [-0.25, -0.2) is 8.42 Å². The molecule has 6 heteroatoms. The van der Waals surface area contributed by atoms with Crippen molar-refractivity contribution in [2.45, 2.75) is 46.2 Å². The van der Waals surface area contributed by atoms with E-state index in [1.54, 1.807) is 11.8 Å². The molecule has 18 heavy (non-hydrogen) atoms. The molecule has 1 amide bonds. The smallest absolute Gasteiger partial charge is 0.230 e. The molecular weight excluding hydrogens is 252 g/mol. The lowest BCUT2D eigenvalue weighted by atomic mass is 9.74. The zero-order valence-corrected chi connectivity index (χ0v) is 12.7. The molecule has 0 spiro atoms. The van der Waals surface area contributed by atoms with Gasteiger partial charge in [-0.05, 0) is 34.6 Å². The van der Waals surface area contributed by atoms with Crippen LogP contribution in [0, 0.1) is 5.41 Å². The molecule has 1 aliphatic heterocycles. The summed E-state index contributed by atoms with van der Waals surface area (Å²) in [6, 6.07) is -0.280. The second-order valence-corrected chi connectivity index (χ2v) is 8.54. The van der Waals surface area contributed by atoms with Crippen molar-refractivity contribution in [3.8, 4) is 0 Å². The van der Waals surface area contributed by atoms with E-state index in [1.165, 1.54) is 0 Å². The fraction of sp³-hybridized carbons (Fsp3) is 0.917. The third-order valence-electron chi connectivity index (χ3n) is 4.08. The Morgan fingerprint density at radius 2 is 1.78 bits per heavy atom. The maximum Gasteiger partial charge on any atom is 0.230 e. The highest BCUT2D eigenvalue weighted by Crippen LogP contribution is 2.32. The first kappa shape index (κ1) is 15.4. The van der Waals surface area contributed by atoms with Gasteiger partial charge in [-0.2, -0.15) is 0 Å². The van der Waals surface area contributed by atoms with Crippen LogP contribution in [0.1, 0.15) is 34.6 Å². The molecule has 1 atom stereocenters. The molecular formula is C12H24N2O3S. The number of sulfone groups is 1. The van der Waals surface area contributed by atoms with Crippen LogP contribution >= 0.6 is 0 Å². The highest BCUT2D eigenvalue weighted by atomic mass is 32.2. The molecule has 1 fully saturated rings. The van der Waals surface area contributed by atoms with Gasteiger partial charge >= 0.3 is 0 Å². The molecule has 1 saturated heterocycles. The van der Waals surface area contributed by atoms with Gasteiger partial charge in [-0.3, -0.25) is 4.79 Å². The van der Waals surface area contributed by atoms with Crippen molar-refractivity contribution >= 4 is 15.7 Å². The third-order valence-corrected chi connectivity index (χ3v) is 5.87. The van der Waals surface area contributed by atoms with Crippen molar-refractivity contribution in [2.24, 2.45) is 11.1 Å². The minimum absolute atomic E-state index is 0.0415. The Balaban J connectivity index is 2.93. The monoisotopic (exact) mass is 276 g/mol. The van der Waals surface area contributed by atoms with E-state index >= 15 is 0 Å². The van der Waals surface area contributed by atoms with Gasteiger partial charge in [-0.1, -0.05) is 0 Å². The second-order valence-electron chi connectivity index (χ2n) is 6.31. The van der Waals surface area contributed by atoms with Crippen molar-refractivity contribution in [1.29, 1.82) is 0 Å². The highest BCUT2D eigenvalue weighted by molar-refractivity contribution is 7.91. The van der Waals surface area contributed by atoms with Crippen LogP contribution in [0.25, 0.3) is 0 Å². The standard InChI is InChI=1S/C12H24N2O3S/c1-9-8-18(16,17)7-6-14(9)10(15)11(2,3)12(4,5)13/h9H,6-8,13H2,1-5H3. The Kier molecular flexibility index (Phi) is 3.85. The molecule has 5 nitrogen and oxygen atoms in total. The van der Waals surface area contributed by atoms with E-state index in [0.717, 1.165) is 0 Å². The number of nitrogens with two attached hydrogens (primary N) is 1. The van der Waals surface area contributed by atoms with Crippen molar-refractivity contribution in [1.82, 2.24) is 4.90 Å². The van der Waals surface area contributed by atoms with E-state index in [9.17, 15) is 13.2 Å². The average molecular weight is 276 g/mol. The molecule has 106 valence electrons. The van der Waals surface area contributed by atoms with Gasteiger partial charge in [0, 0.05) is 18.1 Å². The molecule has 0 bridgehead atoms. The topological polar surface area (TPSA) is 80.5 Å². The number of carbonyl (C=O) groups is 1. The van der Waals surface area contributed by atoms with E-state index < -0.39 is 20.8 Å². The lowest BCUT2D eigenvalue weighted by molar-refractivity contribution is -0.145. The van der Waals surface area contributed by atoms with Gasteiger partial charge in [0.25, 0.3) is 0 Å². The summed E-state index contributed by atoms with van der Waals surface area (Å²) in [5.41, 5.74) is 4.68. The maximum absolute atomic E-state index is 12.5. The highest BCUT2D eigenvalue weighted by Gasteiger charge is 2.45. The Morgan fingerprint density at radius 1 is 1.28 bits per heavy atom. The molecule has 0 saturated carbocycles. The van der Waals surface area contributed by atoms with Crippen LogP contribution < -0.4 is 5.73 Å². The Labute approximate surface area is 110 Å². The molecule has 1 rings (SSSR count). The summed E-state index contributed by atoms with van der Waals surface area (Å²) < 4.78 is 23.0. The third kappa shape index (κ3) is 2.85. The van der Waals surface area contributed by atoms with Crippen molar-refractivity contribution in [2.75, 3.05) is 18.1 Å². The Bertz CT molecular complexity index is 435. The van der Waals surface area contributed by atoms with Gasteiger partial charge in [0.1, 0.15) is 0 Å². The average Bonchev–Trinajstić information content (AvgIpc) is 2.13. The van der Waals surface area contributed by atoms with E-state index in [2.05, 4.69) is 0 Å². The normalized spacial score (nSPS) is 25.0. The minimum Gasteiger partial charge on any atom is -0.337 e. The summed E-state index contributed by atoms with van der Waals surface area (Å²) in [6.45, 7) is 9.29. The Hall–Kier alpha value is -0.620. The molecule has 1 aliphatic rings. The number of nitrogens with zero attached hydrogens (tertiary/aromatic N) is 1. The van der Waals surface area contributed by atoms with Crippen molar-refractivity contribution in [3.05, 3.63) is 0 Å². The quantitative estimate of drug-likeness (QED) is 0.791. The second kappa shape index (κ2) is 4.49. The lowest BCUT2D eigenvalue weighted by Crippen LogP contribution is -2.60. The van der Waals surface area contributed by atoms with Gasteiger partial charge in [0.05, 0.1) is 16.9 Å². The van der Waals surface area contributed by atoms with Crippen LogP contribution in [-0.2, 0) is 14.6 Å². The summed E-state index contributed by atoms with van der Waals surface area (Å²) in [4.78, 5) is 14.2. The van der Waals surface area contributed by atoms with Crippen LogP contribution in [0.4, 0.5) is 0 Å². The maximum atomic E-state index is 12.5. The summed E-state index contributed by atoms with van der Waals surface area (Å²) in [6.07, 6.45) is 0. The fourth-order valence-corrected chi connectivity index (χ4v) is 3.49. The summed E-state index contributed by atoms with van der Waals surface area (Å²) >= 11 is 0.